The van der Waals surface area contributed by atoms with Crippen LogP contribution in [0.4, 0.5) is 0 Å². The van der Waals surface area contributed by atoms with Crippen LogP contribution in [0.25, 0.3) is 5.53 Å². The molecule has 0 saturated heterocycles. The van der Waals surface area contributed by atoms with Crippen LogP contribution < -0.4 is 0 Å². The molecule has 0 unspecified atom stereocenters. The highest BCUT2D eigenvalue weighted by atomic mass is 31.2. The van der Waals surface area contributed by atoms with Crippen molar-refractivity contribution in [3.63, 3.8) is 0 Å². The molecule has 0 fully saturated rings. The van der Waals surface area contributed by atoms with Gasteiger partial charge in [-0.25, -0.2) is 4.57 Å². The highest BCUT2D eigenvalue weighted by molar-refractivity contribution is 7.47. The minimum absolute atomic E-state index is 0.879. The second-order valence-electron chi connectivity index (χ2n) is 1.54. The average Bonchev–Trinajstić information content (AvgIpc) is 1.80. The highest BCUT2D eigenvalue weighted by Gasteiger charge is 2.28. The Kier molecular flexibility index (Phi) is 3.10. The summed E-state index contributed by atoms with van der Waals surface area (Å²) < 4.78 is 13.7. The fraction of sp³-hybridized carbons (Fsp3) is 0.333. The van der Waals surface area contributed by atoms with Crippen molar-refractivity contribution in [3.8, 4) is 0 Å². The van der Waals surface area contributed by atoms with Gasteiger partial charge in [-0.3, -0.25) is 14.6 Å². The molecular formula is C3H5N2O5P. The Hall–Kier alpha value is -1.00. The van der Waals surface area contributed by atoms with E-state index in [-0.39, 0.29) is 0 Å². The van der Waals surface area contributed by atoms with Crippen LogP contribution in [-0.4, -0.2) is 26.3 Å². The van der Waals surface area contributed by atoms with Crippen LogP contribution in [0.2, 0.25) is 0 Å². The van der Waals surface area contributed by atoms with E-state index in [1.807, 2.05) is 0 Å². The van der Waals surface area contributed by atoms with E-state index in [2.05, 4.69) is 9.31 Å². The Bertz CT molecular complexity index is 261. The van der Waals surface area contributed by atoms with Gasteiger partial charge in [0, 0.05) is 6.92 Å². The standard InChI is InChI=1S/C3H5N2O5P/c1-2(6)3(5-4)10-11(7,8)9/h1H3,(H2,7,8,9). The van der Waals surface area contributed by atoms with Gasteiger partial charge in [-0.05, 0) is 0 Å². The summed E-state index contributed by atoms with van der Waals surface area (Å²) in [5.41, 5.74) is 7.96. The van der Waals surface area contributed by atoms with Gasteiger partial charge < -0.3 is 10.1 Å². The van der Waals surface area contributed by atoms with Gasteiger partial charge in [0.05, 0.1) is 0 Å². The molecule has 0 radical (unpaired) electrons. The fourth-order valence-electron chi connectivity index (χ4n) is 0.266. The molecule has 62 valence electrons. The first kappa shape index (κ1) is 10.0. The molecule has 8 heteroatoms. The molecule has 7 nitrogen and oxygen atoms in total. The monoisotopic (exact) mass is 180 g/mol. The van der Waals surface area contributed by atoms with Crippen LogP contribution in [0.5, 0.6) is 0 Å². The lowest BCUT2D eigenvalue weighted by Crippen LogP contribution is -2.13. The average molecular weight is 180 g/mol. The number of nitrogens with zero attached hydrogens (tertiary/aromatic N) is 2. The summed E-state index contributed by atoms with van der Waals surface area (Å²) in [5, 5.41) is 0. The number of phosphoric acid groups is 1. The highest BCUT2D eigenvalue weighted by Crippen LogP contribution is 2.35. The zero-order valence-corrected chi connectivity index (χ0v) is 6.36. The van der Waals surface area contributed by atoms with Gasteiger partial charge in [0.1, 0.15) is 0 Å². The first-order chi connectivity index (χ1) is 4.87. The van der Waals surface area contributed by atoms with Gasteiger partial charge in [0.2, 0.25) is 0 Å². The Labute approximate surface area is 61.5 Å². The van der Waals surface area contributed by atoms with Gasteiger partial charge in [-0.1, -0.05) is 0 Å². The van der Waals surface area contributed by atoms with Gasteiger partial charge in [-0.15, -0.1) is 4.79 Å². The molecule has 11 heavy (non-hydrogen) atoms. The van der Waals surface area contributed by atoms with E-state index in [1.54, 1.807) is 0 Å². The third-order valence-corrected chi connectivity index (χ3v) is 1.01. The summed E-state index contributed by atoms with van der Waals surface area (Å²) >= 11 is 0. The summed E-state index contributed by atoms with van der Waals surface area (Å²) in [5.74, 6) is -1.89. The van der Waals surface area contributed by atoms with Gasteiger partial charge >= 0.3 is 13.7 Å². The van der Waals surface area contributed by atoms with Crippen molar-refractivity contribution in [2.75, 3.05) is 0 Å². The number of hydrogen-bond donors (Lipinski definition) is 2. The summed E-state index contributed by atoms with van der Waals surface area (Å²) in [6.45, 7) is 0.935. The summed E-state index contributed by atoms with van der Waals surface area (Å²) in [6, 6.07) is 0. The van der Waals surface area contributed by atoms with Crippen molar-refractivity contribution >= 4 is 19.5 Å². The van der Waals surface area contributed by atoms with Gasteiger partial charge in [0.25, 0.3) is 5.78 Å². The second-order valence-corrected chi connectivity index (χ2v) is 2.71. The maximum Gasteiger partial charge on any atom is 0.529 e. The third kappa shape index (κ3) is 4.41. The van der Waals surface area contributed by atoms with Crippen molar-refractivity contribution in [2.45, 2.75) is 6.92 Å². The molecule has 0 aromatic rings. The van der Waals surface area contributed by atoms with E-state index in [4.69, 9.17) is 15.3 Å². The van der Waals surface area contributed by atoms with Crippen molar-refractivity contribution in [1.29, 1.82) is 0 Å². The predicted octanol–water partition coefficient (Wildman–Crippen LogP) is -0.687. The normalized spacial score (nSPS) is 10.1. The first-order valence-electron chi connectivity index (χ1n) is 2.35. The molecule has 0 rings (SSSR count). The number of Topliss-reactive ketones (excluding diaryl/α,β-unsaturated/α-hetero) is 1. The summed E-state index contributed by atoms with van der Waals surface area (Å²) in [4.78, 5) is 28.7. The van der Waals surface area contributed by atoms with Crippen molar-refractivity contribution < 1.29 is 28.5 Å². The van der Waals surface area contributed by atoms with E-state index in [0.29, 0.717) is 0 Å². The van der Waals surface area contributed by atoms with Crippen LogP contribution in [0.3, 0.4) is 0 Å². The molecule has 0 spiro atoms. The molecular weight excluding hydrogens is 175 g/mol. The van der Waals surface area contributed by atoms with Crippen molar-refractivity contribution in [1.82, 2.24) is 0 Å². The number of carbonyl (C=O) groups excluding carboxylic acids is 1. The number of phosphoric ester groups is 1. The lowest BCUT2D eigenvalue weighted by molar-refractivity contribution is -0.118. The lowest BCUT2D eigenvalue weighted by Gasteiger charge is -1.97. The van der Waals surface area contributed by atoms with E-state index in [9.17, 15) is 9.36 Å². The lowest BCUT2D eigenvalue weighted by atomic mass is 10.5. The maximum atomic E-state index is 10.3. The Balaban J connectivity index is 4.50. The number of ketones is 1. The summed E-state index contributed by atoms with van der Waals surface area (Å²) in [7, 11) is -4.80. The number of rotatable bonds is 2. The minimum atomic E-state index is -4.80. The Morgan fingerprint density at radius 3 is 2.18 bits per heavy atom. The number of hydrogen-bond acceptors (Lipinski definition) is 3. The first-order valence-corrected chi connectivity index (χ1v) is 3.88. The number of carbonyl (C=O) groups is 1. The summed E-state index contributed by atoms with van der Waals surface area (Å²) in [6.07, 6.45) is 0. The molecule has 0 bridgehead atoms. The van der Waals surface area contributed by atoms with Gasteiger partial charge in [-0.2, -0.15) is 0 Å². The SMILES string of the molecule is CC(=O)C(=[N+]=[N-])OP(=O)(O)O. The Morgan fingerprint density at radius 1 is 1.64 bits per heavy atom. The minimum Gasteiger partial charge on any atom is -0.357 e. The second kappa shape index (κ2) is 3.41. The van der Waals surface area contributed by atoms with Crippen LogP contribution in [0, 0.1) is 0 Å². The quantitative estimate of drug-likeness (QED) is 0.191. The smallest absolute Gasteiger partial charge is 0.357 e. The molecule has 0 aromatic carbocycles. The molecule has 0 amide bonds. The Morgan fingerprint density at radius 2 is 2.09 bits per heavy atom. The molecule has 0 aliphatic heterocycles. The molecule has 0 aromatic heterocycles. The van der Waals surface area contributed by atoms with Crippen molar-refractivity contribution in [3.05, 3.63) is 5.53 Å². The molecule has 2 N–H and O–H groups in total. The molecule has 0 heterocycles. The third-order valence-electron chi connectivity index (χ3n) is 0.597. The fourth-order valence-corrected chi connectivity index (χ4v) is 0.656. The van der Waals surface area contributed by atoms with Crippen LogP contribution in [0.1, 0.15) is 6.92 Å². The van der Waals surface area contributed by atoms with E-state index < -0.39 is 19.5 Å². The predicted molar refractivity (Wildman–Crippen MR) is 32.4 cm³/mol. The zero-order valence-electron chi connectivity index (χ0n) is 5.46. The van der Waals surface area contributed by atoms with E-state index in [1.165, 1.54) is 0 Å². The maximum absolute atomic E-state index is 10.3. The largest absolute Gasteiger partial charge is 0.529 e. The molecule has 0 aliphatic rings. The van der Waals surface area contributed by atoms with Crippen LogP contribution in [0.15, 0.2) is 0 Å². The molecule has 0 atom stereocenters. The topological polar surface area (TPSA) is 120 Å². The van der Waals surface area contributed by atoms with E-state index >= 15 is 0 Å². The van der Waals surface area contributed by atoms with Gasteiger partial charge in [0.15, 0.2) is 0 Å². The van der Waals surface area contributed by atoms with Crippen molar-refractivity contribution in [2.24, 2.45) is 0 Å². The van der Waals surface area contributed by atoms with Crippen LogP contribution >= 0.6 is 7.82 Å². The molecule has 0 saturated carbocycles. The van der Waals surface area contributed by atoms with Crippen LogP contribution in [-0.2, 0) is 13.9 Å². The zero-order chi connectivity index (χ0) is 9.07. The molecule has 0 aliphatic carbocycles. The van der Waals surface area contributed by atoms with E-state index in [0.717, 1.165) is 6.92 Å².